The van der Waals surface area contributed by atoms with Gasteiger partial charge in [-0.2, -0.15) is 5.10 Å². The van der Waals surface area contributed by atoms with Gasteiger partial charge in [-0.25, -0.2) is 4.68 Å². The molecule has 0 aliphatic heterocycles. The van der Waals surface area contributed by atoms with Crippen LogP contribution in [0.4, 0.5) is 5.82 Å². The molecule has 0 saturated carbocycles. The van der Waals surface area contributed by atoms with Gasteiger partial charge in [-0.3, -0.25) is 4.79 Å². The highest BCUT2D eigenvalue weighted by Crippen LogP contribution is 2.12. The van der Waals surface area contributed by atoms with Gasteiger partial charge < -0.3 is 11.1 Å². The lowest BCUT2D eigenvalue weighted by atomic mass is 10.4. The van der Waals surface area contributed by atoms with Gasteiger partial charge in [0.25, 0.3) is 5.91 Å². The van der Waals surface area contributed by atoms with E-state index in [1.807, 2.05) is 13.8 Å². The van der Waals surface area contributed by atoms with Gasteiger partial charge >= 0.3 is 0 Å². The number of aromatic nitrogens is 2. The van der Waals surface area contributed by atoms with Crippen LogP contribution in [0.15, 0.2) is 6.07 Å². The summed E-state index contributed by atoms with van der Waals surface area (Å²) in [6, 6.07) is 1.73. The monoisotopic (exact) mass is 182 g/mol. The third-order valence-electron chi connectivity index (χ3n) is 1.71. The van der Waals surface area contributed by atoms with Crippen LogP contribution in [0, 0.1) is 0 Å². The van der Waals surface area contributed by atoms with Gasteiger partial charge in [-0.1, -0.05) is 0 Å². The van der Waals surface area contributed by atoms with E-state index in [9.17, 15) is 4.79 Å². The summed E-state index contributed by atoms with van der Waals surface area (Å²) in [5, 5.41) is 6.55. The van der Waals surface area contributed by atoms with Gasteiger partial charge in [0.15, 0.2) is 5.69 Å². The fourth-order valence-corrected chi connectivity index (χ4v) is 1.06. The van der Waals surface area contributed by atoms with E-state index in [4.69, 9.17) is 5.73 Å². The Hall–Kier alpha value is -1.52. The fourth-order valence-electron chi connectivity index (χ4n) is 1.06. The zero-order valence-corrected chi connectivity index (χ0v) is 8.03. The number of nitrogens with one attached hydrogen (secondary N) is 1. The lowest BCUT2D eigenvalue weighted by Crippen LogP contribution is -2.18. The summed E-state index contributed by atoms with van der Waals surface area (Å²) in [6.45, 7) is 3.91. The van der Waals surface area contributed by atoms with Gasteiger partial charge in [-0.15, -0.1) is 0 Å². The smallest absolute Gasteiger partial charge is 0.271 e. The molecule has 5 heteroatoms. The Morgan fingerprint density at radius 1 is 1.69 bits per heavy atom. The molecule has 1 amide bonds. The van der Waals surface area contributed by atoms with Crippen molar-refractivity contribution < 1.29 is 4.79 Å². The molecule has 0 fully saturated rings. The van der Waals surface area contributed by atoms with Crippen LogP contribution in [-0.4, -0.2) is 22.7 Å². The normalized spacial score (nSPS) is 10.5. The largest absolute Gasteiger partial charge is 0.384 e. The molecule has 0 atom stereocenters. The number of nitrogen functional groups attached to an aromatic ring is 1. The summed E-state index contributed by atoms with van der Waals surface area (Å²) >= 11 is 0. The molecule has 0 aliphatic rings. The number of amides is 1. The molecule has 1 aromatic heterocycles. The molecule has 3 N–H and O–H groups in total. The van der Waals surface area contributed by atoms with E-state index < -0.39 is 0 Å². The van der Waals surface area contributed by atoms with Crippen LogP contribution in [0.25, 0.3) is 0 Å². The minimum Gasteiger partial charge on any atom is -0.384 e. The second kappa shape index (κ2) is 3.47. The Labute approximate surface area is 76.9 Å². The Bertz CT molecular complexity index is 316. The Morgan fingerprint density at radius 2 is 2.31 bits per heavy atom. The van der Waals surface area contributed by atoms with Crippen LogP contribution in [0.5, 0.6) is 0 Å². The predicted octanol–water partition coefficient (Wildman–Crippen LogP) is 0.406. The molecular formula is C8H14N4O. The maximum absolute atomic E-state index is 11.2. The topological polar surface area (TPSA) is 72.9 Å². The van der Waals surface area contributed by atoms with Crippen molar-refractivity contribution in [2.75, 3.05) is 12.8 Å². The van der Waals surface area contributed by atoms with Crippen LogP contribution >= 0.6 is 0 Å². The highest BCUT2D eigenvalue weighted by Gasteiger charge is 2.12. The van der Waals surface area contributed by atoms with E-state index in [-0.39, 0.29) is 11.9 Å². The maximum atomic E-state index is 11.2. The first-order valence-corrected chi connectivity index (χ1v) is 4.13. The molecule has 1 rings (SSSR count). The average Bonchev–Trinajstić information content (AvgIpc) is 2.46. The summed E-state index contributed by atoms with van der Waals surface area (Å²) < 4.78 is 1.62. The fraction of sp³-hybridized carbons (Fsp3) is 0.500. The number of rotatable bonds is 2. The van der Waals surface area contributed by atoms with Gasteiger partial charge in [0.1, 0.15) is 5.82 Å². The second-order valence-electron chi connectivity index (χ2n) is 3.07. The molecule has 1 heterocycles. The van der Waals surface area contributed by atoms with Gasteiger partial charge in [0, 0.05) is 19.2 Å². The van der Waals surface area contributed by atoms with E-state index in [2.05, 4.69) is 10.4 Å². The van der Waals surface area contributed by atoms with Crippen LogP contribution < -0.4 is 11.1 Å². The van der Waals surface area contributed by atoms with Crippen LogP contribution in [0.2, 0.25) is 0 Å². The zero-order chi connectivity index (χ0) is 10.0. The van der Waals surface area contributed by atoms with E-state index in [0.29, 0.717) is 11.5 Å². The molecule has 0 unspecified atom stereocenters. The minimum absolute atomic E-state index is 0.165. The molecule has 0 bridgehead atoms. The minimum atomic E-state index is -0.217. The molecule has 5 nitrogen and oxygen atoms in total. The van der Waals surface area contributed by atoms with Gasteiger partial charge in [-0.05, 0) is 13.8 Å². The Balaban J connectivity index is 3.02. The SMILES string of the molecule is CNC(=O)c1cc(N)n(C(C)C)n1. The maximum Gasteiger partial charge on any atom is 0.271 e. The van der Waals surface area contributed by atoms with E-state index >= 15 is 0 Å². The molecule has 72 valence electrons. The van der Waals surface area contributed by atoms with E-state index in [1.54, 1.807) is 17.8 Å². The summed E-state index contributed by atoms with van der Waals surface area (Å²) in [5.41, 5.74) is 6.01. The van der Waals surface area contributed by atoms with Crippen molar-refractivity contribution in [1.29, 1.82) is 0 Å². The third-order valence-corrected chi connectivity index (χ3v) is 1.71. The highest BCUT2D eigenvalue weighted by atomic mass is 16.1. The number of anilines is 1. The summed E-state index contributed by atoms with van der Waals surface area (Å²) in [7, 11) is 1.56. The standard InChI is InChI=1S/C8H14N4O/c1-5(2)12-7(9)4-6(11-12)8(13)10-3/h4-5H,9H2,1-3H3,(H,10,13). The van der Waals surface area contributed by atoms with Crippen LogP contribution in [0.3, 0.4) is 0 Å². The first kappa shape index (κ1) is 9.57. The molecule has 1 aromatic rings. The summed E-state index contributed by atoms with van der Waals surface area (Å²) in [6.07, 6.45) is 0. The molecular weight excluding hydrogens is 168 g/mol. The van der Waals surface area contributed by atoms with Crippen LogP contribution in [0.1, 0.15) is 30.4 Å². The first-order valence-electron chi connectivity index (χ1n) is 4.13. The number of carbonyl (C=O) groups is 1. The Morgan fingerprint density at radius 3 is 2.69 bits per heavy atom. The lowest BCUT2D eigenvalue weighted by Gasteiger charge is -2.06. The lowest BCUT2D eigenvalue weighted by molar-refractivity contribution is 0.0957. The van der Waals surface area contributed by atoms with Crippen molar-refractivity contribution in [2.24, 2.45) is 0 Å². The molecule has 13 heavy (non-hydrogen) atoms. The first-order chi connectivity index (χ1) is 6.06. The molecule has 0 spiro atoms. The number of carbonyl (C=O) groups excluding carboxylic acids is 1. The number of hydrogen-bond acceptors (Lipinski definition) is 3. The third kappa shape index (κ3) is 1.80. The van der Waals surface area contributed by atoms with Crippen molar-refractivity contribution in [2.45, 2.75) is 19.9 Å². The second-order valence-corrected chi connectivity index (χ2v) is 3.07. The number of nitrogens with two attached hydrogens (primary N) is 1. The highest BCUT2D eigenvalue weighted by molar-refractivity contribution is 5.92. The molecule has 0 radical (unpaired) electrons. The quantitative estimate of drug-likeness (QED) is 0.695. The van der Waals surface area contributed by atoms with E-state index in [1.165, 1.54) is 0 Å². The van der Waals surface area contributed by atoms with Crippen LogP contribution in [-0.2, 0) is 0 Å². The summed E-state index contributed by atoms with van der Waals surface area (Å²) in [5.74, 6) is 0.291. The number of hydrogen-bond donors (Lipinski definition) is 2. The van der Waals surface area contributed by atoms with Gasteiger partial charge in [0.05, 0.1) is 0 Å². The van der Waals surface area contributed by atoms with Crippen molar-refractivity contribution >= 4 is 11.7 Å². The van der Waals surface area contributed by atoms with Crippen molar-refractivity contribution in [1.82, 2.24) is 15.1 Å². The number of nitrogens with zero attached hydrogens (tertiary/aromatic N) is 2. The zero-order valence-electron chi connectivity index (χ0n) is 8.03. The molecule has 0 aliphatic carbocycles. The summed E-state index contributed by atoms with van der Waals surface area (Å²) in [4.78, 5) is 11.2. The average molecular weight is 182 g/mol. The van der Waals surface area contributed by atoms with E-state index in [0.717, 1.165) is 0 Å². The van der Waals surface area contributed by atoms with Crippen molar-refractivity contribution in [3.8, 4) is 0 Å². The molecule has 0 saturated heterocycles. The van der Waals surface area contributed by atoms with Crippen molar-refractivity contribution in [3.05, 3.63) is 11.8 Å². The molecule has 0 aromatic carbocycles. The van der Waals surface area contributed by atoms with Crippen molar-refractivity contribution in [3.63, 3.8) is 0 Å². The predicted molar refractivity (Wildman–Crippen MR) is 50.4 cm³/mol. The Kier molecular flexibility index (Phi) is 2.55. The van der Waals surface area contributed by atoms with Gasteiger partial charge in [0.2, 0.25) is 0 Å².